The van der Waals surface area contributed by atoms with Crippen molar-refractivity contribution in [2.45, 2.75) is 38.3 Å². The molecule has 0 radical (unpaired) electrons. The number of hydrogen-bond acceptors (Lipinski definition) is 4. The fourth-order valence-electron chi connectivity index (χ4n) is 2.40. The third-order valence-electron chi connectivity index (χ3n) is 3.36. The summed E-state index contributed by atoms with van der Waals surface area (Å²) in [5.74, 6) is 0.668. The molecule has 1 aromatic rings. The van der Waals surface area contributed by atoms with Crippen LogP contribution in [0.4, 0.5) is 0 Å². The highest BCUT2D eigenvalue weighted by molar-refractivity contribution is 5.78. The fraction of sp³-hybridized carbons (Fsp3) is 0.571. The number of rotatable bonds is 6. The molecule has 0 atom stereocenters. The van der Waals surface area contributed by atoms with Gasteiger partial charge in [0.15, 0.2) is 0 Å². The average molecular weight is 263 g/mol. The molecule has 1 aliphatic carbocycles. The first-order chi connectivity index (χ1) is 9.29. The zero-order valence-electron chi connectivity index (χ0n) is 11.3. The van der Waals surface area contributed by atoms with Crippen LogP contribution in [0.25, 0.3) is 0 Å². The molecule has 5 heteroatoms. The normalized spacial score (nSPS) is 15.4. The summed E-state index contributed by atoms with van der Waals surface area (Å²) in [7, 11) is 1.60. The first kappa shape index (κ1) is 13.8. The molecule has 5 nitrogen and oxygen atoms in total. The van der Waals surface area contributed by atoms with Gasteiger partial charge in [-0.1, -0.05) is 18.9 Å². The number of methoxy groups -OCH3 is 1. The Balaban J connectivity index is 1.72. The zero-order chi connectivity index (χ0) is 13.5. The van der Waals surface area contributed by atoms with E-state index in [4.69, 9.17) is 4.74 Å². The summed E-state index contributed by atoms with van der Waals surface area (Å²) in [6, 6.07) is 4.17. The molecule has 0 aliphatic heterocycles. The van der Waals surface area contributed by atoms with E-state index in [2.05, 4.69) is 15.6 Å². The van der Waals surface area contributed by atoms with E-state index in [1.54, 1.807) is 13.3 Å². The number of carbonyl (C=O) groups excluding carboxylic acids is 1. The maximum Gasteiger partial charge on any atom is 0.234 e. The molecule has 2 N–H and O–H groups in total. The van der Waals surface area contributed by atoms with Gasteiger partial charge < -0.3 is 15.4 Å². The van der Waals surface area contributed by atoms with E-state index in [1.165, 1.54) is 12.8 Å². The molecule has 1 heterocycles. The Kier molecular flexibility index (Phi) is 5.15. The van der Waals surface area contributed by atoms with Crippen LogP contribution in [0.2, 0.25) is 0 Å². The summed E-state index contributed by atoms with van der Waals surface area (Å²) in [6.45, 7) is 0.906. The van der Waals surface area contributed by atoms with E-state index in [0.717, 1.165) is 18.4 Å². The Morgan fingerprint density at radius 3 is 3.00 bits per heavy atom. The van der Waals surface area contributed by atoms with Crippen molar-refractivity contribution >= 4 is 5.91 Å². The van der Waals surface area contributed by atoms with Gasteiger partial charge >= 0.3 is 0 Å². The fourth-order valence-corrected chi connectivity index (χ4v) is 2.40. The summed E-state index contributed by atoms with van der Waals surface area (Å²) in [6.07, 6.45) is 6.37. The minimum Gasteiger partial charge on any atom is -0.481 e. The second kappa shape index (κ2) is 7.09. The maximum atomic E-state index is 11.7. The van der Waals surface area contributed by atoms with Crippen LogP contribution < -0.4 is 15.4 Å². The van der Waals surface area contributed by atoms with Gasteiger partial charge in [-0.3, -0.25) is 4.79 Å². The van der Waals surface area contributed by atoms with Crippen LogP contribution in [0.15, 0.2) is 18.3 Å². The van der Waals surface area contributed by atoms with Crippen LogP contribution in [-0.4, -0.2) is 30.6 Å². The molecule has 0 bridgehead atoms. The summed E-state index contributed by atoms with van der Waals surface area (Å²) < 4.78 is 5.16. The Morgan fingerprint density at radius 1 is 1.47 bits per heavy atom. The van der Waals surface area contributed by atoms with Crippen LogP contribution in [0.3, 0.4) is 0 Å². The topological polar surface area (TPSA) is 63.2 Å². The molecule has 1 amide bonds. The zero-order valence-corrected chi connectivity index (χ0v) is 11.3. The van der Waals surface area contributed by atoms with Crippen LogP contribution in [0.5, 0.6) is 5.88 Å². The quantitative estimate of drug-likeness (QED) is 0.810. The van der Waals surface area contributed by atoms with Crippen molar-refractivity contribution in [3.63, 3.8) is 0 Å². The van der Waals surface area contributed by atoms with Gasteiger partial charge in [0, 0.05) is 24.3 Å². The lowest BCUT2D eigenvalue weighted by molar-refractivity contribution is -0.120. The van der Waals surface area contributed by atoms with Crippen molar-refractivity contribution in [3.8, 4) is 5.88 Å². The molecule has 0 spiro atoms. The van der Waals surface area contributed by atoms with Crippen molar-refractivity contribution in [2.24, 2.45) is 0 Å². The number of aromatic nitrogens is 1. The van der Waals surface area contributed by atoms with E-state index >= 15 is 0 Å². The van der Waals surface area contributed by atoms with E-state index in [9.17, 15) is 4.79 Å². The summed E-state index contributed by atoms with van der Waals surface area (Å²) in [5, 5.41) is 6.16. The van der Waals surface area contributed by atoms with Gasteiger partial charge in [-0.25, -0.2) is 4.98 Å². The summed E-state index contributed by atoms with van der Waals surface area (Å²) in [4.78, 5) is 15.8. The van der Waals surface area contributed by atoms with E-state index in [-0.39, 0.29) is 5.91 Å². The van der Waals surface area contributed by atoms with Crippen LogP contribution in [0.1, 0.15) is 31.2 Å². The Morgan fingerprint density at radius 2 is 2.26 bits per heavy atom. The van der Waals surface area contributed by atoms with Crippen molar-refractivity contribution in [3.05, 3.63) is 23.9 Å². The number of amides is 1. The molecule has 104 valence electrons. The molecule has 1 aliphatic rings. The van der Waals surface area contributed by atoms with Gasteiger partial charge in [0.25, 0.3) is 0 Å². The lowest BCUT2D eigenvalue weighted by atomic mass is 10.2. The number of hydrogen-bond donors (Lipinski definition) is 2. The van der Waals surface area contributed by atoms with Gasteiger partial charge in [0.1, 0.15) is 0 Å². The van der Waals surface area contributed by atoms with E-state index in [1.807, 2.05) is 12.1 Å². The van der Waals surface area contributed by atoms with Gasteiger partial charge in [0.05, 0.1) is 13.7 Å². The Labute approximate surface area is 113 Å². The van der Waals surface area contributed by atoms with Crippen LogP contribution in [-0.2, 0) is 11.3 Å². The molecule has 0 saturated heterocycles. The van der Waals surface area contributed by atoms with Gasteiger partial charge in [0.2, 0.25) is 11.8 Å². The molecular weight excluding hydrogens is 242 g/mol. The lowest BCUT2D eigenvalue weighted by Crippen LogP contribution is -2.39. The second-order valence-corrected chi connectivity index (χ2v) is 4.82. The number of ether oxygens (including phenoxy) is 1. The van der Waals surface area contributed by atoms with Crippen LogP contribution in [0, 0.1) is 0 Å². The van der Waals surface area contributed by atoms with Crippen molar-refractivity contribution in [1.29, 1.82) is 0 Å². The average Bonchev–Trinajstić information content (AvgIpc) is 2.92. The molecule has 1 saturated carbocycles. The molecule has 19 heavy (non-hydrogen) atoms. The van der Waals surface area contributed by atoms with Gasteiger partial charge in [-0.15, -0.1) is 0 Å². The second-order valence-electron chi connectivity index (χ2n) is 4.82. The highest BCUT2D eigenvalue weighted by Gasteiger charge is 2.16. The standard InChI is InChI=1S/C14H21N3O2/c1-19-14-11(5-4-8-16-14)9-15-10-13(18)17-12-6-2-3-7-12/h4-5,8,12,15H,2-3,6-7,9-10H2,1H3,(H,17,18). The van der Waals surface area contributed by atoms with E-state index < -0.39 is 0 Å². The third-order valence-corrected chi connectivity index (χ3v) is 3.36. The predicted molar refractivity (Wildman–Crippen MR) is 72.9 cm³/mol. The smallest absolute Gasteiger partial charge is 0.234 e. The highest BCUT2D eigenvalue weighted by atomic mass is 16.5. The molecular formula is C14H21N3O2. The van der Waals surface area contributed by atoms with Crippen molar-refractivity contribution < 1.29 is 9.53 Å². The number of pyridine rings is 1. The SMILES string of the molecule is COc1ncccc1CNCC(=O)NC1CCCC1. The Hall–Kier alpha value is -1.62. The van der Waals surface area contributed by atoms with Crippen molar-refractivity contribution in [1.82, 2.24) is 15.6 Å². The lowest BCUT2D eigenvalue weighted by Gasteiger charge is -2.12. The maximum absolute atomic E-state index is 11.7. The first-order valence-corrected chi connectivity index (χ1v) is 6.77. The number of nitrogens with one attached hydrogen (secondary N) is 2. The molecule has 0 aromatic carbocycles. The van der Waals surface area contributed by atoms with Crippen LogP contribution >= 0.6 is 0 Å². The number of nitrogens with zero attached hydrogens (tertiary/aromatic N) is 1. The minimum absolute atomic E-state index is 0.0646. The Bertz CT molecular complexity index is 417. The highest BCUT2D eigenvalue weighted by Crippen LogP contribution is 2.17. The summed E-state index contributed by atoms with van der Waals surface area (Å²) >= 11 is 0. The molecule has 2 rings (SSSR count). The monoisotopic (exact) mass is 263 g/mol. The summed E-state index contributed by atoms with van der Waals surface area (Å²) in [5.41, 5.74) is 0.957. The first-order valence-electron chi connectivity index (χ1n) is 6.77. The van der Waals surface area contributed by atoms with Gasteiger partial charge in [-0.2, -0.15) is 0 Å². The van der Waals surface area contributed by atoms with E-state index in [0.29, 0.717) is 25.0 Å². The number of carbonyl (C=O) groups is 1. The largest absolute Gasteiger partial charge is 0.481 e. The molecule has 1 fully saturated rings. The van der Waals surface area contributed by atoms with Gasteiger partial charge in [-0.05, 0) is 18.9 Å². The minimum atomic E-state index is 0.0646. The molecule has 0 unspecified atom stereocenters. The predicted octanol–water partition coefficient (Wildman–Crippen LogP) is 1.24. The third kappa shape index (κ3) is 4.21. The molecule has 1 aromatic heterocycles. The van der Waals surface area contributed by atoms with Crippen molar-refractivity contribution in [2.75, 3.05) is 13.7 Å².